The molecule has 0 aromatic carbocycles. The van der Waals surface area contributed by atoms with Gasteiger partial charge in [-0.05, 0) is 18.9 Å². The Morgan fingerprint density at radius 3 is 2.88 bits per heavy atom. The first-order chi connectivity index (χ1) is 8.38. The van der Waals surface area contributed by atoms with Crippen molar-refractivity contribution in [2.24, 2.45) is 10.7 Å². The van der Waals surface area contributed by atoms with Gasteiger partial charge >= 0.3 is 0 Å². The third kappa shape index (κ3) is 5.87. The molecule has 98 valence electrons. The quantitative estimate of drug-likeness (QED) is 0.626. The molecule has 0 aromatic rings. The van der Waals surface area contributed by atoms with E-state index in [0.29, 0.717) is 6.54 Å². The van der Waals surface area contributed by atoms with E-state index in [4.69, 9.17) is 5.73 Å². The smallest absolute Gasteiger partial charge is 0.123 e. The summed E-state index contributed by atoms with van der Waals surface area (Å²) in [6, 6.07) is 0. The lowest BCUT2D eigenvalue weighted by molar-refractivity contribution is 0.469. The van der Waals surface area contributed by atoms with Gasteiger partial charge in [-0.1, -0.05) is 38.7 Å². The molecular formula is C14H27N3. The van der Waals surface area contributed by atoms with Crippen molar-refractivity contribution < 1.29 is 0 Å². The molecule has 17 heavy (non-hydrogen) atoms. The van der Waals surface area contributed by atoms with E-state index in [1.54, 1.807) is 0 Å². The summed E-state index contributed by atoms with van der Waals surface area (Å²) < 4.78 is 0. The first-order valence-corrected chi connectivity index (χ1v) is 7.04. The maximum Gasteiger partial charge on any atom is 0.123 e. The normalized spacial score (nSPS) is 15.9. The monoisotopic (exact) mass is 237 g/mol. The zero-order chi connectivity index (χ0) is 12.3. The Morgan fingerprint density at radius 2 is 2.12 bits per heavy atom. The number of nitrogens with zero attached hydrogens (tertiary/aromatic N) is 2. The lowest BCUT2D eigenvalue weighted by Crippen LogP contribution is -2.31. The van der Waals surface area contributed by atoms with Gasteiger partial charge in [-0.25, -0.2) is 0 Å². The third-order valence-corrected chi connectivity index (χ3v) is 3.11. The van der Waals surface area contributed by atoms with Gasteiger partial charge in [0.05, 0.1) is 6.54 Å². The molecule has 1 rings (SSSR count). The maximum absolute atomic E-state index is 5.57. The van der Waals surface area contributed by atoms with Gasteiger partial charge in [0.15, 0.2) is 0 Å². The SMILES string of the molecule is CCCCCCC/C=C/C1=NCCN1CCN. The van der Waals surface area contributed by atoms with Crippen LogP contribution in [0.15, 0.2) is 17.1 Å². The van der Waals surface area contributed by atoms with Crippen LogP contribution in [0.1, 0.15) is 45.4 Å². The van der Waals surface area contributed by atoms with Gasteiger partial charge in [0.1, 0.15) is 5.84 Å². The number of aliphatic imine (C=N–C) groups is 1. The van der Waals surface area contributed by atoms with Crippen LogP contribution in [0, 0.1) is 0 Å². The summed E-state index contributed by atoms with van der Waals surface area (Å²) in [6.45, 7) is 5.86. The molecule has 0 bridgehead atoms. The van der Waals surface area contributed by atoms with Crippen molar-refractivity contribution in [3.63, 3.8) is 0 Å². The molecule has 1 heterocycles. The van der Waals surface area contributed by atoms with Crippen LogP contribution in [0.25, 0.3) is 0 Å². The van der Waals surface area contributed by atoms with Crippen LogP contribution in [0.3, 0.4) is 0 Å². The molecule has 0 spiro atoms. The van der Waals surface area contributed by atoms with E-state index in [9.17, 15) is 0 Å². The lowest BCUT2D eigenvalue weighted by Gasteiger charge is -2.16. The summed E-state index contributed by atoms with van der Waals surface area (Å²) in [4.78, 5) is 6.75. The molecular weight excluding hydrogens is 210 g/mol. The van der Waals surface area contributed by atoms with Crippen LogP contribution in [0.4, 0.5) is 0 Å². The second-order valence-corrected chi connectivity index (χ2v) is 4.62. The lowest BCUT2D eigenvalue weighted by atomic mass is 10.1. The summed E-state index contributed by atoms with van der Waals surface area (Å²) in [5, 5.41) is 0. The van der Waals surface area contributed by atoms with E-state index in [2.05, 4.69) is 29.0 Å². The van der Waals surface area contributed by atoms with Crippen LogP contribution in [-0.2, 0) is 0 Å². The highest BCUT2D eigenvalue weighted by Gasteiger charge is 2.12. The van der Waals surface area contributed by atoms with Crippen LogP contribution in [0.5, 0.6) is 0 Å². The highest BCUT2D eigenvalue weighted by atomic mass is 15.2. The summed E-state index contributed by atoms with van der Waals surface area (Å²) in [6.07, 6.45) is 12.4. The van der Waals surface area contributed by atoms with E-state index in [-0.39, 0.29) is 0 Å². The average molecular weight is 237 g/mol. The first kappa shape index (κ1) is 14.2. The van der Waals surface area contributed by atoms with Gasteiger partial charge in [0.2, 0.25) is 0 Å². The van der Waals surface area contributed by atoms with E-state index >= 15 is 0 Å². The van der Waals surface area contributed by atoms with Crippen molar-refractivity contribution in [1.29, 1.82) is 0 Å². The van der Waals surface area contributed by atoms with Gasteiger partial charge in [-0.15, -0.1) is 0 Å². The Kier molecular flexibility index (Phi) is 7.72. The fraction of sp³-hybridized carbons (Fsp3) is 0.786. The Bertz CT molecular complexity index is 246. The van der Waals surface area contributed by atoms with Crippen molar-refractivity contribution in [2.45, 2.75) is 45.4 Å². The first-order valence-electron chi connectivity index (χ1n) is 7.04. The minimum atomic E-state index is 0.712. The summed E-state index contributed by atoms with van der Waals surface area (Å²) in [5.41, 5.74) is 5.57. The minimum absolute atomic E-state index is 0.712. The molecule has 1 aliphatic rings. The van der Waals surface area contributed by atoms with Crippen LogP contribution in [0.2, 0.25) is 0 Å². The largest absolute Gasteiger partial charge is 0.354 e. The van der Waals surface area contributed by atoms with Crippen LogP contribution in [-0.4, -0.2) is 36.9 Å². The zero-order valence-corrected chi connectivity index (χ0v) is 11.2. The third-order valence-electron chi connectivity index (χ3n) is 3.11. The van der Waals surface area contributed by atoms with Gasteiger partial charge in [-0.2, -0.15) is 0 Å². The van der Waals surface area contributed by atoms with Gasteiger partial charge in [0, 0.05) is 19.6 Å². The molecule has 2 N–H and O–H groups in total. The molecule has 3 nitrogen and oxygen atoms in total. The molecule has 0 radical (unpaired) electrons. The minimum Gasteiger partial charge on any atom is -0.354 e. The summed E-state index contributed by atoms with van der Waals surface area (Å²) in [5.74, 6) is 1.13. The van der Waals surface area contributed by atoms with Crippen molar-refractivity contribution in [2.75, 3.05) is 26.2 Å². The van der Waals surface area contributed by atoms with Crippen LogP contribution >= 0.6 is 0 Å². The second kappa shape index (κ2) is 9.23. The van der Waals surface area contributed by atoms with Crippen molar-refractivity contribution in [1.82, 2.24) is 4.90 Å². The number of hydrogen-bond acceptors (Lipinski definition) is 3. The summed E-state index contributed by atoms with van der Waals surface area (Å²) in [7, 11) is 0. The number of allylic oxidation sites excluding steroid dienone is 1. The van der Waals surface area contributed by atoms with E-state index < -0.39 is 0 Å². The zero-order valence-electron chi connectivity index (χ0n) is 11.2. The molecule has 1 aliphatic heterocycles. The summed E-state index contributed by atoms with van der Waals surface area (Å²) >= 11 is 0. The van der Waals surface area contributed by atoms with E-state index in [1.807, 2.05) is 0 Å². The predicted octanol–water partition coefficient (Wildman–Crippen LogP) is 2.58. The highest BCUT2D eigenvalue weighted by Crippen LogP contribution is 2.07. The number of rotatable bonds is 9. The highest BCUT2D eigenvalue weighted by molar-refractivity contribution is 5.94. The molecule has 0 fully saturated rings. The molecule has 0 aromatic heterocycles. The topological polar surface area (TPSA) is 41.6 Å². The van der Waals surface area contributed by atoms with Crippen LogP contribution < -0.4 is 5.73 Å². The Hall–Kier alpha value is -0.830. The maximum atomic E-state index is 5.57. The Balaban J connectivity index is 2.11. The molecule has 0 unspecified atom stereocenters. The Labute approximate surface area is 106 Å². The standard InChI is InChI=1S/C14H27N3/c1-2-3-4-5-6-7-8-9-14-16-11-13-17(14)12-10-15/h8-9H,2-7,10-13,15H2,1H3/b9-8+. The fourth-order valence-electron chi connectivity index (χ4n) is 2.09. The van der Waals surface area contributed by atoms with Crippen molar-refractivity contribution in [3.05, 3.63) is 12.2 Å². The van der Waals surface area contributed by atoms with Gasteiger partial charge < -0.3 is 10.6 Å². The van der Waals surface area contributed by atoms with Crippen molar-refractivity contribution in [3.8, 4) is 0 Å². The van der Waals surface area contributed by atoms with E-state index in [1.165, 1.54) is 38.5 Å². The molecule has 0 aliphatic carbocycles. The molecule has 0 saturated carbocycles. The van der Waals surface area contributed by atoms with E-state index in [0.717, 1.165) is 25.5 Å². The molecule has 0 amide bonds. The number of unbranched alkanes of at least 4 members (excludes halogenated alkanes) is 5. The molecule has 0 saturated heterocycles. The van der Waals surface area contributed by atoms with Crippen molar-refractivity contribution >= 4 is 5.84 Å². The molecule has 3 heteroatoms. The van der Waals surface area contributed by atoms with Gasteiger partial charge in [-0.3, -0.25) is 4.99 Å². The molecule has 0 atom stereocenters. The number of amidine groups is 1. The second-order valence-electron chi connectivity index (χ2n) is 4.62. The number of hydrogen-bond donors (Lipinski definition) is 1. The van der Waals surface area contributed by atoms with Gasteiger partial charge in [0.25, 0.3) is 0 Å². The Morgan fingerprint density at radius 1 is 1.29 bits per heavy atom. The fourth-order valence-corrected chi connectivity index (χ4v) is 2.09. The predicted molar refractivity (Wildman–Crippen MR) is 75.4 cm³/mol. The average Bonchev–Trinajstić information content (AvgIpc) is 2.76. The number of nitrogens with two attached hydrogens (primary N) is 1.